The molecule has 0 aliphatic carbocycles. The average molecular weight is 595 g/mol. The van der Waals surface area contributed by atoms with Crippen LogP contribution in [-0.4, -0.2) is 33.5 Å². The van der Waals surface area contributed by atoms with Crippen molar-refractivity contribution in [2.24, 2.45) is 5.92 Å². The molecule has 1 aromatic heterocycles. The van der Waals surface area contributed by atoms with Crippen molar-refractivity contribution in [1.29, 1.82) is 0 Å². The predicted molar refractivity (Wildman–Crippen MR) is 108 cm³/mol. The Bertz CT molecular complexity index is 679. The maximum absolute atomic E-state index is 12.8. The monoisotopic (exact) mass is 595 g/mol. The van der Waals surface area contributed by atoms with Crippen molar-refractivity contribution in [3.63, 3.8) is 0 Å². The van der Waals surface area contributed by atoms with Gasteiger partial charge in [0.15, 0.2) is 0 Å². The minimum Gasteiger partial charge on any atom is -0.410 e. The molecular formula is C20H34N5OVW-. The number of anilines is 1. The van der Waals surface area contributed by atoms with E-state index in [2.05, 4.69) is 34.0 Å². The molecule has 0 bridgehead atoms. The van der Waals surface area contributed by atoms with Crippen LogP contribution < -0.4 is 10.2 Å². The molecule has 1 amide bonds. The van der Waals surface area contributed by atoms with Gasteiger partial charge in [-0.15, -0.1) is 0 Å². The van der Waals surface area contributed by atoms with Crippen LogP contribution in [0, 0.1) is 33.1 Å². The Balaban J connectivity index is 0. The van der Waals surface area contributed by atoms with E-state index in [-0.39, 0.29) is 75.9 Å². The molecular weight excluding hydrogens is 561 g/mol. The SMILES string of the molecule is Cc1nc([NH-])nc(N2CC(C(=O)NC(C)(C)[C-](C)C)CC2(C)C)c1C.[CH3-].[V+2].[W]. The molecule has 6 nitrogen and oxygen atoms in total. The molecule has 1 radical (unpaired) electrons. The van der Waals surface area contributed by atoms with Gasteiger partial charge in [-0.1, -0.05) is 19.4 Å². The molecule has 2 N–H and O–H groups in total. The third-order valence-electron chi connectivity index (χ3n) is 5.56. The number of aromatic nitrogens is 2. The summed E-state index contributed by atoms with van der Waals surface area (Å²) in [5.41, 5.74) is 9.11. The average Bonchev–Trinajstić information content (AvgIpc) is 2.78. The van der Waals surface area contributed by atoms with Gasteiger partial charge in [0.1, 0.15) is 0 Å². The summed E-state index contributed by atoms with van der Waals surface area (Å²) in [5.74, 6) is 1.96. The van der Waals surface area contributed by atoms with Crippen molar-refractivity contribution >= 4 is 17.7 Å². The molecule has 1 atom stereocenters. The van der Waals surface area contributed by atoms with Crippen LogP contribution in [0.25, 0.3) is 5.73 Å². The van der Waals surface area contributed by atoms with Crippen LogP contribution >= 0.6 is 0 Å². The molecule has 28 heavy (non-hydrogen) atoms. The zero-order valence-electron chi connectivity index (χ0n) is 18.6. The fraction of sp³-hybridized carbons (Fsp3) is 0.650. The third-order valence-corrected chi connectivity index (χ3v) is 5.56. The van der Waals surface area contributed by atoms with Crippen molar-refractivity contribution in [2.45, 2.75) is 72.9 Å². The maximum Gasteiger partial charge on any atom is 2.00 e. The molecule has 2 rings (SSSR count). The van der Waals surface area contributed by atoms with Crippen LogP contribution in [0.2, 0.25) is 0 Å². The molecule has 1 fully saturated rings. The van der Waals surface area contributed by atoms with Crippen molar-refractivity contribution in [3.05, 3.63) is 30.3 Å². The van der Waals surface area contributed by atoms with E-state index in [9.17, 15) is 4.79 Å². The van der Waals surface area contributed by atoms with Crippen molar-refractivity contribution < 1.29 is 44.4 Å². The van der Waals surface area contributed by atoms with Gasteiger partial charge in [-0.3, -0.25) is 10.7 Å². The predicted octanol–water partition coefficient (Wildman–Crippen LogP) is 4.34. The number of rotatable bonds is 4. The molecule has 1 aliphatic heterocycles. The summed E-state index contributed by atoms with van der Waals surface area (Å²) in [4.78, 5) is 23.5. The quantitative estimate of drug-likeness (QED) is 0.526. The van der Waals surface area contributed by atoms with Crippen molar-refractivity contribution in [2.75, 3.05) is 11.4 Å². The van der Waals surface area contributed by atoms with Crippen LogP contribution in [0.4, 0.5) is 11.8 Å². The number of hydrogen-bond donors (Lipinski definition) is 1. The molecule has 1 saturated heterocycles. The van der Waals surface area contributed by atoms with Gasteiger partial charge in [-0.25, -0.2) is 0 Å². The summed E-state index contributed by atoms with van der Waals surface area (Å²) >= 11 is 0. The Kier molecular flexibility index (Phi) is 11.1. The molecule has 1 unspecified atom stereocenters. The largest absolute Gasteiger partial charge is 2.00 e. The van der Waals surface area contributed by atoms with Crippen LogP contribution in [0.5, 0.6) is 0 Å². The number of nitrogens with zero attached hydrogens (tertiary/aromatic N) is 3. The van der Waals surface area contributed by atoms with E-state index in [4.69, 9.17) is 5.73 Å². The van der Waals surface area contributed by atoms with E-state index in [1.807, 2.05) is 41.5 Å². The fourth-order valence-electron chi connectivity index (χ4n) is 3.21. The Morgan fingerprint density at radius 2 is 1.82 bits per heavy atom. The fourth-order valence-corrected chi connectivity index (χ4v) is 3.21. The maximum atomic E-state index is 12.8. The molecule has 0 aromatic carbocycles. The van der Waals surface area contributed by atoms with Gasteiger partial charge in [-0.2, -0.15) is 13.8 Å². The number of amides is 1. The Labute approximate surface area is 197 Å². The van der Waals surface area contributed by atoms with Gasteiger partial charge >= 0.3 is 18.6 Å². The summed E-state index contributed by atoms with van der Waals surface area (Å²) in [6.45, 7) is 16.9. The Morgan fingerprint density at radius 1 is 1.29 bits per heavy atom. The zero-order chi connectivity index (χ0) is 19.2. The van der Waals surface area contributed by atoms with Crippen LogP contribution in [0.1, 0.15) is 59.2 Å². The van der Waals surface area contributed by atoms with Crippen LogP contribution in [0.3, 0.4) is 0 Å². The number of carbonyl (C=O) groups excluding carboxylic acids is 1. The van der Waals surface area contributed by atoms with E-state index in [1.165, 1.54) is 5.92 Å². The summed E-state index contributed by atoms with van der Waals surface area (Å²) in [6.07, 6.45) is 0.757. The normalized spacial score (nSPS) is 18.0. The van der Waals surface area contributed by atoms with Crippen molar-refractivity contribution in [1.82, 2.24) is 15.3 Å². The summed E-state index contributed by atoms with van der Waals surface area (Å²) in [5, 5.41) is 3.17. The summed E-state index contributed by atoms with van der Waals surface area (Å²) in [6, 6.07) is 0. The zero-order valence-corrected chi connectivity index (χ0v) is 22.9. The van der Waals surface area contributed by atoms with E-state index in [0.29, 0.717) is 6.54 Å². The summed E-state index contributed by atoms with van der Waals surface area (Å²) < 4.78 is 0. The first-order valence-electron chi connectivity index (χ1n) is 8.82. The van der Waals surface area contributed by atoms with E-state index in [0.717, 1.165) is 23.5 Å². The first-order valence-corrected chi connectivity index (χ1v) is 8.82. The topological polar surface area (TPSA) is 81.9 Å². The van der Waals surface area contributed by atoms with Crippen molar-refractivity contribution in [3.8, 4) is 0 Å². The first kappa shape index (κ1) is 29.6. The smallest absolute Gasteiger partial charge is 0.410 e. The minimum absolute atomic E-state index is 0. The van der Waals surface area contributed by atoms with E-state index >= 15 is 0 Å². The van der Waals surface area contributed by atoms with E-state index < -0.39 is 0 Å². The van der Waals surface area contributed by atoms with Gasteiger partial charge in [0, 0.05) is 39.1 Å². The van der Waals surface area contributed by atoms with Crippen LogP contribution in [-0.2, 0) is 44.4 Å². The Morgan fingerprint density at radius 3 is 2.32 bits per heavy atom. The van der Waals surface area contributed by atoms with Gasteiger partial charge in [0.05, 0.1) is 11.7 Å². The Hall–Kier alpha value is -0.577. The molecule has 8 heteroatoms. The first-order chi connectivity index (χ1) is 11.3. The van der Waals surface area contributed by atoms with E-state index in [1.54, 1.807) is 0 Å². The van der Waals surface area contributed by atoms with Gasteiger partial charge in [0.25, 0.3) is 0 Å². The number of carbonyl (C=O) groups is 1. The second-order valence-electron chi connectivity index (χ2n) is 8.52. The second kappa shape index (κ2) is 10.5. The molecule has 1 aliphatic rings. The van der Waals surface area contributed by atoms with Crippen LogP contribution in [0.15, 0.2) is 0 Å². The molecule has 0 spiro atoms. The standard InChI is InChI=1S/C19H32N5O.CH3.V.W/c1-11(2)19(7,8)23-16(25)14-9-18(5,6)24(10-14)15-12(3)13(4)21-17(20)22-15;;;/h14H,9-10H2,1-8H3,(H3,20,21,22,23,25);1H3;;/q2*-1;+2;/p-1. The molecule has 2 heterocycles. The second-order valence-corrected chi connectivity index (χ2v) is 8.52. The third kappa shape index (κ3) is 6.21. The summed E-state index contributed by atoms with van der Waals surface area (Å²) in [7, 11) is 0. The van der Waals surface area contributed by atoms with Gasteiger partial charge in [-0.05, 0) is 45.4 Å². The van der Waals surface area contributed by atoms with Gasteiger partial charge < -0.3 is 33.3 Å². The number of aryl methyl sites for hydroxylation is 1. The van der Waals surface area contributed by atoms with Gasteiger partial charge in [0.2, 0.25) is 5.91 Å². The molecule has 0 saturated carbocycles. The number of nitrogens with one attached hydrogen (secondary N) is 2. The molecule has 1 aromatic rings. The number of hydrogen-bond acceptors (Lipinski definition) is 4. The molecule has 157 valence electrons. The minimum atomic E-state index is -0.315.